The summed E-state index contributed by atoms with van der Waals surface area (Å²) in [6.07, 6.45) is 4.70. The Hall–Kier alpha value is -0.850. The van der Waals surface area contributed by atoms with Crippen LogP contribution in [0.4, 0.5) is 0 Å². The highest BCUT2D eigenvalue weighted by Crippen LogP contribution is 2.31. The third-order valence-electron chi connectivity index (χ3n) is 4.56. The highest BCUT2D eigenvalue weighted by molar-refractivity contribution is 5.78. The SMILES string of the molecule is COCC(C)NC(N)=NCC1(N2CCCC2)CCOCC1. The molecule has 122 valence electrons. The lowest BCUT2D eigenvalue weighted by Gasteiger charge is -2.43. The molecule has 0 bridgehead atoms. The molecule has 21 heavy (non-hydrogen) atoms. The Kier molecular flexibility index (Phi) is 6.26. The monoisotopic (exact) mass is 298 g/mol. The second-order valence-corrected chi connectivity index (χ2v) is 6.23. The standard InChI is InChI=1S/C15H30N4O2/c1-13(11-20-2)18-14(16)17-12-15(5-9-21-10-6-15)19-7-3-4-8-19/h13H,3-12H2,1-2H3,(H3,16,17,18). The molecular weight excluding hydrogens is 268 g/mol. The highest BCUT2D eigenvalue weighted by Gasteiger charge is 2.39. The molecule has 0 radical (unpaired) electrons. The van der Waals surface area contributed by atoms with Gasteiger partial charge in [0.2, 0.25) is 0 Å². The minimum Gasteiger partial charge on any atom is -0.383 e. The van der Waals surface area contributed by atoms with Gasteiger partial charge in [0.1, 0.15) is 0 Å². The normalized spacial score (nSPS) is 25.0. The predicted octanol–water partition coefficient (Wildman–Crippen LogP) is 0.571. The number of nitrogens with one attached hydrogen (secondary N) is 1. The van der Waals surface area contributed by atoms with Crippen LogP contribution in [0.15, 0.2) is 4.99 Å². The molecule has 0 aliphatic carbocycles. The lowest BCUT2D eigenvalue weighted by Crippen LogP contribution is -2.54. The molecule has 2 aliphatic rings. The zero-order valence-corrected chi connectivity index (χ0v) is 13.4. The summed E-state index contributed by atoms with van der Waals surface area (Å²) < 4.78 is 10.7. The highest BCUT2D eigenvalue weighted by atomic mass is 16.5. The maximum Gasteiger partial charge on any atom is 0.188 e. The first-order valence-electron chi connectivity index (χ1n) is 8.04. The number of likely N-dealkylation sites (tertiary alicyclic amines) is 1. The van der Waals surface area contributed by atoms with Gasteiger partial charge in [-0.25, -0.2) is 0 Å². The van der Waals surface area contributed by atoms with Gasteiger partial charge in [-0.2, -0.15) is 0 Å². The summed E-state index contributed by atoms with van der Waals surface area (Å²) in [5.41, 5.74) is 6.16. The van der Waals surface area contributed by atoms with E-state index in [4.69, 9.17) is 15.2 Å². The molecule has 1 unspecified atom stereocenters. The Balaban J connectivity index is 1.94. The fourth-order valence-electron chi connectivity index (χ4n) is 3.34. The lowest BCUT2D eigenvalue weighted by atomic mass is 9.88. The van der Waals surface area contributed by atoms with E-state index in [1.54, 1.807) is 7.11 Å². The zero-order chi connectivity index (χ0) is 15.1. The molecule has 1 atom stereocenters. The van der Waals surface area contributed by atoms with E-state index in [2.05, 4.69) is 15.2 Å². The van der Waals surface area contributed by atoms with Gasteiger partial charge in [0.05, 0.1) is 13.2 Å². The van der Waals surface area contributed by atoms with Crippen LogP contribution >= 0.6 is 0 Å². The summed E-state index contributed by atoms with van der Waals surface area (Å²) in [6.45, 7) is 7.46. The van der Waals surface area contributed by atoms with E-state index in [1.807, 2.05) is 6.92 Å². The Morgan fingerprint density at radius 2 is 2.05 bits per heavy atom. The van der Waals surface area contributed by atoms with Crippen molar-refractivity contribution in [2.75, 3.05) is 46.6 Å². The lowest BCUT2D eigenvalue weighted by molar-refractivity contribution is -0.0138. The van der Waals surface area contributed by atoms with E-state index in [-0.39, 0.29) is 11.6 Å². The first kappa shape index (κ1) is 16.5. The van der Waals surface area contributed by atoms with Gasteiger partial charge in [0, 0.05) is 31.9 Å². The first-order chi connectivity index (χ1) is 10.2. The molecule has 0 aromatic heterocycles. The molecule has 0 saturated carbocycles. The fourth-order valence-corrected chi connectivity index (χ4v) is 3.34. The van der Waals surface area contributed by atoms with Gasteiger partial charge < -0.3 is 20.5 Å². The molecule has 0 amide bonds. The summed E-state index contributed by atoms with van der Waals surface area (Å²) in [5, 5.41) is 3.18. The van der Waals surface area contributed by atoms with E-state index >= 15 is 0 Å². The second-order valence-electron chi connectivity index (χ2n) is 6.23. The van der Waals surface area contributed by atoms with Crippen molar-refractivity contribution in [2.45, 2.75) is 44.2 Å². The van der Waals surface area contributed by atoms with Crippen LogP contribution in [0.5, 0.6) is 0 Å². The summed E-state index contributed by atoms with van der Waals surface area (Å²) >= 11 is 0. The van der Waals surface area contributed by atoms with Crippen molar-refractivity contribution in [3.05, 3.63) is 0 Å². The van der Waals surface area contributed by atoms with Crippen LogP contribution in [0, 0.1) is 0 Å². The summed E-state index contributed by atoms with van der Waals surface area (Å²) in [4.78, 5) is 7.22. The molecule has 3 N–H and O–H groups in total. The van der Waals surface area contributed by atoms with Crippen molar-refractivity contribution in [1.82, 2.24) is 10.2 Å². The molecule has 0 spiro atoms. The van der Waals surface area contributed by atoms with Crippen LogP contribution in [-0.4, -0.2) is 69.0 Å². The Morgan fingerprint density at radius 3 is 2.67 bits per heavy atom. The number of hydrogen-bond donors (Lipinski definition) is 2. The van der Waals surface area contributed by atoms with Gasteiger partial charge in [-0.3, -0.25) is 9.89 Å². The van der Waals surface area contributed by atoms with Gasteiger partial charge in [0.15, 0.2) is 5.96 Å². The zero-order valence-electron chi connectivity index (χ0n) is 13.4. The summed E-state index contributed by atoms with van der Waals surface area (Å²) in [6, 6.07) is 0.177. The van der Waals surface area contributed by atoms with E-state index in [1.165, 1.54) is 25.9 Å². The number of ether oxygens (including phenoxy) is 2. The topological polar surface area (TPSA) is 72.1 Å². The number of methoxy groups -OCH3 is 1. The van der Waals surface area contributed by atoms with Gasteiger partial charge in [-0.05, 0) is 45.7 Å². The number of guanidine groups is 1. The van der Waals surface area contributed by atoms with Gasteiger partial charge in [0.25, 0.3) is 0 Å². The molecule has 2 fully saturated rings. The number of nitrogens with two attached hydrogens (primary N) is 1. The van der Waals surface area contributed by atoms with E-state index < -0.39 is 0 Å². The average molecular weight is 298 g/mol. The average Bonchev–Trinajstić information content (AvgIpc) is 3.01. The number of hydrogen-bond acceptors (Lipinski definition) is 4. The van der Waals surface area contributed by atoms with Crippen LogP contribution in [0.3, 0.4) is 0 Å². The van der Waals surface area contributed by atoms with Gasteiger partial charge >= 0.3 is 0 Å². The Morgan fingerprint density at radius 1 is 1.38 bits per heavy atom. The third kappa shape index (κ3) is 4.56. The Bertz CT molecular complexity index is 337. The number of nitrogens with zero attached hydrogens (tertiary/aromatic N) is 2. The Labute approximate surface area is 128 Å². The molecule has 0 aromatic rings. The third-order valence-corrected chi connectivity index (χ3v) is 4.56. The van der Waals surface area contributed by atoms with E-state index in [0.717, 1.165) is 32.6 Å². The minimum atomic E-state index is 0.144. The molecule has 2 rings (SSSR count). The van der Waals surface area contributed by atoms with Crippen LogP contribution in [0.25, 0.3) is 0 Å². The maximum atomic E-state index is 6.01. The van der Waals surface area contributed by atoms with Gasteiger partial charge in [-0.1, -0.05) is 0 Å². The van der Waals surface area contributed by atoms with Crippen molar-refractivity contribution < 1.29 is 9.47 Å². The molecule has 6 heteroatoms. The van der Waals surface area contributed by atoms with Crippen molar-refractivity contribution in [3.63, 3.8) is 0 Å². The van der Waals surface area contributed by atoms with Gasteiger partial charge in [-0.15, -0.1) is 0 Å². The fraction of sp³-hybridized carbons (Fsp3) is 0.933. The molecule has 6 nitrogen and oxygen atoms in total. The van der Waals surface area contributed by atoms with Crippen molar-refractivity contribution in [3.8, 4) is 0 Å². The quantitative estimate of drug-likeness (QED) is 0.554. The maximum absolute atomic E-state index is 6.01. The second kappa shape index (κ2) is 7.96. The molecule has 2 aliphatic heterocycles. The smallest absolute Gasteiger partial charge is 0.188 e. The van der Waals surface area contributed by atoms with Crippen LogP contribution in [0.2, 0.25) is 0 Å². The van der Waals surface area contributed by atoms with Crippen molar-refractivity contribution in [2.24, 2.45) is 10.7 Å². The van der Waals surface area contributed by atoms with Crippen LogP contribution in [0.1, 0.15) is 32.6 Å². The number of aliphatic imine (C=N–C) groups is 1. The van der Waals surface area contributed by atoms with Crippen molar-refractivity contribution >= 4 is 5.96 Å². The summed E-state index contributed by atoms with van der Waals surface area (Å²) in [5.74, 6) is 0.518. The molecule has 2 heterocycles. The molecule has 0 aromatic carbocycles. The van der Waals surface area contributed by atoms with Crippen LogP contribution in [-0.2, 0) is 9.47 Å². The van der Waals surface area contributed by atoms with Crippen molar-refractivity contribution in [1.29, 1.82) is 0 Å². The summed E-state index contributed by atoms with van der Waals surface area (Å²) in [7, 11) is 1.69. The van der Waals surface area contributed by atoms with Crippen LogP contribution < -0.4 is 11.1 Å². The molecule has 2 saturated heterocycles. The van der Waals surface area contributed by atoms with E-state index in [0.29, 0.717) is 12.6 Å². The predicted molar refractivity (Wildman–Crippen MR) is 84.6 cm³/mol. The minimum absolute atomic E-state index is 0.144. The number of rotatable bonds is 6. The van der Waals surface area contributed by atoms with E-state index in [9.17, 15) is 0 Å². The first-order valence-corrected chi connectivity index (χ1v) is 8.04. The largest absolute Gasteiger partial charge is 0.383 e. The molecular formula is C15H30N4O2.